The van der Waals surface area contributed by atoms with Gasteiger partial charge >= 0.3 is 0 Å². The van der Waals surface area contributed by atoms with Gasteiger partial charge in [0.1, 0.15) is 0 Å². The highest BCUT2D eigenvalue weighted by Gasteiger charge is 2.37. The molecule has 3 aliphatic heterocycles. The van der Waals surface area contributed by atoms with Gasteiger partial charge in [0.25, 0.3) is 0 Å². The Kier molecular flexibility index (Phi) is 5.14. The Morgan fingerprint density at radius 1 is 0.889 bits per heavy atom. The lowest BCUT2D eigenvalue weighted by Crippen LogP contribution is -2.48. The average molecular weight is 366 g/mol. The highest BCUT2D eigenvalue weighted by atomic mass is 16.5. The van der Waals surface area contributed by atoms with E-state index in [9.17, 15) is 0 Å². The Labute approximate surface area is 162 Å². The molecular weight excluding hydrogens is 334 g/mol. The molecule has 4 heteroatoms. The zero-order chi connectivity index (χ0) is 18.1. The summed E-state index contributed by atoms with van der Waals surface area (Å²) in [6.45, 7) is 5.42. The predicted molar refractivity (Wildman–Crippen MR) is 110 cm³/mol. The van der Waals surface area contributed by atoms with Gasteiger partial charge < -0.3 is 9.64 Å². The van der Waals surface area contributed by atoms with Crippen LogP contribution in [0.4, 0.5) is 0 Å². The normalized spacial score (nSPS) is 28.7. The molecule has 0 radical (unpaired) electrons. The van der Waals surface area contributed by atoms with E-state index in [2.05, 4.69) is 58.2 Å². The number of benzene rings is 2. The fourth-order valence-electron chi connectivity index (χ4n) is 5.42. The van der Waals surface area contributed by atoms with Gasteiger partial charge in [-0.2, -0.15) is 0 Å². The predicted octanol–water partition coefficient (Wildman–Crippen LogP) is 3.29. The summed E-state index contributed by atoms with van der Waals surface area (Å²) in [5, 5.41) is 2.69. The van der Waals surface area contributed by atoms with Gasteiger partial charge in [0.05, 0.1) is 0 Å². The van der Waals surface area contributed by atoms with Crippen LogP contribution in [-0.4, -0.2) is 49.8 Å². The molecule has 3 saturated heterocycles. The van der Waals surface area contributed by atoms with Crippen molar-refractivity contribution in [3.8, 4) is 0 Å². The SMILES string of the molecule is c1ccc2cc(C3CNNC3C3CCN(C4CCOCC4)CC3)ccc2c1. The Morgan fingerprint density at radius 2 is 1.67 bits per heavy atom. The van der Waals surface area contributed by atoms with Crippen LogP contribution in [0.3, 0.4) is 0 Å². The second-order valence-electron chi connectivity index (χ2n) is 8.48. The molecule has 2 atom stereocenters. The number of ether oxygens (including phenoxy) is 1. The van der Waals surface area contributed by atoms with Gasteiger partial charge in [-0.3, -0.25) is 10.9 Å². The van der Waals surface area contributed by atoms with E-state index < -0.39 is 0 Å². The molecule has 2 aromatic carbocycles. The van der Waals surface area contributed by atoms with Crippen LogP contribution in [0.2, 0.25) is 0 Å². The maximum Gasteiger partial charge on any atom is 0.0480 e. The lowest BCUT2D eigenvalue weighted by molar-refractivity contribution is 0.0182. The molecule has 2 unspecified atom stereocenters. The monoisotopic (exact) mass is 365 g/mol. The van der Waals surface area contributed by atoms with Crippen molar-refractivity contribution >= 4 is 10.8 Å². The summed E-state index contributed by atoms with van der Waals surface area (Å²) < 4.78 is 5.54. The van der Waals surface area contributed by atoms with E-state index in [1.54, 1.807) is 0 Å². The molecule has 0 spiro atoms. The summed E-state index contributed by atoms with van der Waals surface area (Å²) in [6, 6.07) is 17.0. The summed E-state index contributed by atoms with van der Waals surface area (Å²) in [7, 11) is 0. The molecule has 5 rings (SSSR count). The summed E-state index contributed by atoms with van der Waals surface area (Å²) in [5.74, 6) is 1.32. The Morgan fingerprint density at radius 3 is 2.48 bits per heavy atom. The van der Waals surface area contributed by atoms with E-state index in [0.717, 1.165) is 31.7 Å². The number of hydrogen-bond donors (Lipinski definition) is 2. The van der Waals surface area contributed by atoms with Crippen molar-refractivity contribution in [2.75, 3.05) is 32.8 Å². The molecule has 4 nitrogen and oxygen atoms in total. The number of nitrogens with zero attached hydrogens (tertiary/aromatic N) is 1. The van der Waals surface area contributed by atoms with Gasteiger partial charge in [-0.15, -0.1) is 0 Å². The first-order chi connectivity index (χ1) is 13.4. The number of nitrogens with one attached hydrogen (secondary N) is 2. The van der Waals surface area contributed by atoms with Gasteiger partial charge in [0.2, 0.25) is 0 Å². The van der Waals surface area contributed by atoms with Crippen molar-refractivity contribution in [2.24, 2.45) is 5.92 Å². The smallest absolute Gasteiger partial charge is 0.0480 e. The topological polar surface area (TPSA) is 36.5 Å². The number of likely N-dealkylation sites (tertiary alicyclic amines) is 1. The Hall–Kier alpha value is -1.46. The zero-order valence-electron chi connectivity index (χ0n) is 16.1. The molecule has 0 aromatic heterocycles. The van der Waals surface area contributed by atoms with Gasteiger partial charge in [0, 0.05) is 37.8 Å². The summed E-state index contributed by atoms with van der Waals surface area (Å²) in [4.78, 5) is 2.73. The van der Waals surface area contributed by atoms with E-state index >= 15 is 0 Å². The lowest BCUT2D eigenvalue weighted by atomic mass is 9.79. The number of hydrazine groups is 1. The summed E-state index contributed by atoms with van der Waals surface area (Å²) >= 11 is 0. The third-order valence-electron chi connectivity index (χ3n) is 7.02. The van der Waals surface area contributed by atoms with E-state index in [4.69, 9.17) is 4.74 Å². The van der Waals surface area contributed by atoms with E-state index in [-0.39, 0.29) is 0 Å². The van der Waals surface area contributed by atoms with E-state index in [1.165, 1.54) is 55.1 Å². The van der Waals surface area contributed by atoms with Crippen LogP contribution in [0.15, 0.2) is 42.5 Å². The number of rotatable bonds is 3. The Balaban J connectivity index is 1.27. The lowest BCUT2D eigenvalue weighted by Gasteiger charge is -2.41. The molecule has 3 fully saturated rings. The van der Waals surface area contributed by atoms with Gasteiger partial charge in [-0.05, 0) is 61.0 Å². The molecule has 0 aliphatic carbocycles. The van der Waals surface area contributed by atoms with Crippen molar-refractivity contribution in [1.29, 1.82) is 0 Å². The largest absolute Gasteiger partial charge is 0.381 e. The highest BCUT2D eigenvalue weighted by molar-refractivity contribution is 5.83. The average Bonchev–Trinajstić information content (AvgIpc) is 3.24. The van der Waals surface area contributed by atoms with Crippen LogP contribution < -0.4 is 10.9 Å². The third-order valence-corrected chi connectivity index (χ3v) is 7.02. The second-order valence-corrected chi connectivity index (χ2v) is 8.48. The zero-order valence-corrected chi connectivity index (χ0v) is 16.1. The molecular formula is C23H31N3O. The molecule has 0 bridgehead atoms. The fourth-order valence-corrected chi connectivity index (χ4v) is 5.42. The Bertz CT molecular complexity index is 765. The van der Waals surface area contributed by atoms with Gasteiger partial charge in [0.15, 0.2) is 0 Å². The van der Waals surface area contributed by atoms with Crippen molar-refractivity contribution in [3.05, 3.63) is 48.0 Å². The minimum Gasteiger partial charge on any atom is -0.381 e. The molecule has 0 amide bonds. The van der Waals surface area contributed by atoms with Crippen molar-refractivity contribution < 1.29 is 4.74 Å². The number of piperidine rings is 1. The minimum absolute atomic E-state index is 0.544. The molecule has 3 aliphatic rings. The van der Waals surface area contributed by atoms with Crippen LogP contribution in [-0.2, 0) is 4.74 Å². The van der Waals surface area contributed by atoms with Gasteiger partial charge in [-0.25, -0.2) is 0 Å². The van der Waals surface area contributed by atoms with E-state index in [0.29, 0.717) is 12.0 Å². The highest BCUT2D eigenvalue weighted by Crippen LogP contribution is 2.34. The van der Waals surface area contributed by atoms with Crippen LogP contribution in [0.5, 0.6) is 0 Å². The molecule has 2 N–H and O–H groups in total. The maximum absolute atomic E-state index is 5.54. The molecule has 27 heavy (non-hydrogen) atoms. The maximum atomic E-state index is 5.54. The first-order valence-corrected chi connectivity index (χ1v) is 10.7. The molecule has 0 saturated carbocycles. The quantitative estimate of drug-likeness (QED) is 0.875. The molecule has 2 aromatic rings. The van der Waals surface area contributed by atoms with Crippen LogP contribution >= 0.6 is 0 Å². The minimum atomic E-state index is 0.544. The summed E-state index contributed by atoms with van der Waals surface area (Å²) in [5.41, 5.74) is 8.56. The van der Waals surface area contributed by atoms with Crippen molar-refractivity contribution in [2.45, 2.75) is 43.7 Å². The fraction of sp³-hybridized carbons (Fsp3) is 0.565. The third kappa shape index (κ3) is 3.64. The molecule has 3 heterocycles. The molecule has 144 valence electrons. The van der Waals surface area contributed by atoms with Crippen LogP contribution in [0.25, 0.3) is 10.8 Å². The van der Waals surface area contributed by atoms with Crippen molar-refractivity contribution in [3.63, 3.8) is 0 Å². The first kappa shape index (κ1) is 17.6. The second kappa shape index (κ2) is 7.88. The van der Waals surface area contributed by atoms with Crippen LogP contribution in [0.1, 0.15) is 37.2 Å². The van der Waals surface area contributed by atoms with E-state index in [1.807, 2.05) is 0 Å². The van der Waals surface area contributed by atoms with Crippen LogP contribution in [0, 0.1) is 5.92 Å². The standard InChI is InChI=1S/C23H31N3O/c1-2-4-19-15-20(6-5-17(19)3-1)22-16-24-25-23(22)18-7-11-26(12-8-18)21-9-13-27-14-10-21/h1-6,15,18,21-25H,7-14,16H2. The number of fused-ring (bicyclic) bond motifs is 1. The van der Waals surface area contributed by atoms with Crippen molar-refractivity contribution in [1.82, 2.24) is 15.8 Å². The van der Waals surface area contributed by atoms with Gasteiger partial charge in [-0.1, -0.05) is 42.5 Å². The summed E-state index contributed by atoms with van der Waals surface area (Å²) in [6.07, 6.45) is 5.04. The number of hydrogen-bond acceptors (Lipinski definition) is 4. The first-order valence-electron chi connectivity index (χ1n) is 10.7.